The fourth-order valence-corrected chi connectivity index (χ4v) is 6.58. The van der Waals surface area contributed by atoms with Crippen LogP contribution in [-0.2, 0) is 33.3 Å². The Kier molecular flexibility index (Phi) is 16.2. The molecule has 1 saturated heterocycles. The second-order valence-corrected chi connectivity index (χ2v) is 14.2. The van der Waals surface area contributed by atoms with Gasteiger partial charge in [-0.25, -0.2) is 4.79 Å². The summed E-state index contributed by atoms with van der Waals surface area (Å²) in [5.74, 6) is -4.08. The highest BCUT2D eigenvalue weighted by molar-refractivity contribution is 6.30. The maximum absolute atomic E-state index is 13.3. The number of amides is 1. The van der Waals surface area contributed by atoms with Gasteiger partial charge in [-0.2, -0.15) is 0 Å². The number of aliphatic hydroxyl groups is 3. The predicted octanol–water partition coefficient (Wildman–Crippen LogP) is 3.92. The molecule has 2 aliphatic rings. The highest BCUT2D eigenvalue weighted by Crippen LogP contribution is 2.32. The quantitative estimate of drug-likeness (QED) is 0.224. The summed E-state index contributed by atoms with van der Waals surface area (Å²) in [6.07, 6.45) is -3.07. The summed E-state index contributed by atoms with van der Waals surface area (Å²) in [6, 6.07) is 5.72. The standard InChI is InChI=1S/C37H53ClN2O11/c1-8-30-25(19-48-37(47)39-27-12-10-26(38)11-13-27)15-20(2)9-14-28(42)21(3)16-24(18-41)35(22(4)29(43)17-31(44)50-30)51-36-34(46)32(40(6)7)33(45)23(5)49-36/h9-15,18,21-25,29-30,32-36,43,45-46H,8,16-17,19H2,1-7H3,(H,39,47)/b14-9-,20-15+/t21-,22+,23-,24?,25-,29-,30-,32+,33-,34-,35-,36+/m1/s1. The number of carbonyl (C=O) groups excluding carboxylic acids is 4. The van der Waals surface area contributed by atoms with E-state index in [1.54, 1.807) is 90.0 Å². The summed E-state index contributed by atoms with van der Waals surface area (Å²) in [7, 11) is 3.39. The molecule has 284 valence electrons. The number of carbonyl (C=O) groups is 4. The summed E-state index contributed by atoms with van der Waals surface area (Å²) in [6.45, 7) is 8.30. The maximum atomic E-state index is 13.3. The Hall–Kier alpha value is -3.17. The van der Waals surface area contributed by atoms with Crippen molar-refractivity contribution in [3.63, 3.8) is 0 Å². The van der Waals surface area contributed by atoms with E-state index in [1.807, 2.05) is 0 Å². The molecule has 4 N–H and O–H groups in total. The molecule has 3 rings (SSSR count). The lowest BCUT2D eigenvalue weighted by molar-refractivity contribution is -0.302. The number of benzene rings is 1. The molecular formula is C37H53ClN2O11. The van der Waals surface area contributed by atoms with E-state index in [0.29, 0.717) is 29.0 Å². The second kappa shape index (κ2) is 19.6. The molecule has 14 heteroatoms. The van der Waals surface area contributed by atoms with E-state index in [-0.39, 0.29) is 18.8 Å². The van der Waals surface area contributed by atoms with Crippen LogP contribution in [0.5, 0.6) is 0 Å². The van der Waals surface area contributed by atoms with Crippen molar-refractivity contribution in [1.82, 2.24) is 4.90 Å². The molecule has 0 aliphatic carbocycles. The highest BCUT2D eigenvalue weighted by Gasteiger charge is 2.47. The van der Waals surface area contributed by atoms with Crippen LogP contribution in [0.25, 0.3) is 0 Å². The van der Waals surface area contributed by atoms with Gasteiger partial charge < -0.3 is 44.0 Å². The number of likely N-dealkylation sites (N-methyl/N-ethyl adjacent to an activating group) is 1. The van der Waals surface area contributed by atoms with Crippen molar-refractivity contribution >= 4 is 41.4 Å². The van der Waals surface area contributed by atoms with Crippen LogP contribution in [-0.4, -0.2) is 114 Å². The monoisotopic (exact) mass is 736 g/mol. The van der Waals surface area contributed by atoms with Crippen LogP contribution >= 0.6 is 11.6 Å². The Labute approximate surface area is 304 Å². The first-order valence-electron chi connectivity index (χ1n) is 17.3. The third-order valence-electron chi connectivity index (χ3n) is 9.55. The minimum absolute atomic E-state index is 0.0385. The summed E-state index contributed by atoms with van der Waals surface area (Å²) in [5.41, 5.74) is 1.11. The third kappa shape index (κ3) is 11.9. The van der Waals surface area contributed by atoms with Gasteiger partial charge in [-0.1, -0.05) is 50.1 Å². The van der Waals surface area contributed by atoms with Gasteiger partial charge in [-0.3, -0.25) is 14.9 Å². The lowest BCUT2D eigenvalue weighted by Crippen LogP contribution is -2.63. The van der Waals surface area contributed by atoms with E-state index in [9.17, 15) is 34.5 Å². The molecule has 1 unspecified atom stereocenters. The van der Waals surface area contributed by atoms with Gasteiger partial charge in [-0.15, -0.1) is 0 Å². The van der Waals surface area contributed by atoms with Crippen molar-refractivity contribution in [1.29, 1.82) is 0 Å². The molecule has 1 amide bonds. The molecule has 51 heavy (non-hydrogen) atoms. The number of ketones is 1. The zero-order valence-electron chi connectivity index (χ0n) is 30.3. The molecule has 13 nitrogen and oxygen atoms in total. The molecule has 0 bridgehead atoms. The molecule has 0 spiro atoms. The fraction of sp³-hybridized carbons (Fsp3) is 0.622. The zero-order valence-corrected chi connectivity index (χ0v) is 31.1. The largest absolute Gasteiger partial charge is 0.462 e. The smallest absolute Gasteiger partial charge is 0.411 e. The molecule has 12 atom stereocenters. The number of nitrogens with zero attached hydrogens (tertiary/aromatic N) is 1. The van der Waals surface area contributed by atoms with Crippen LogP contribution in [0.2, 0.25) is 5.02 Å². The first-order chi connectivity index (χ1) is 24.1. The van der Waals surface area contributed by atoms with Crippen molar-refractivity contribution in [2.75, 3.05) is 26.0 Å². The van der Waals surface area contributed by atoms with E-state index in [2.05, 4.69) is 5.32 Å². The Balaban J connectivity index is 1.90. The average molecular weight is 737 g/mol. The average Bonchev–Trinajstić information content (AvgIpc) is 3.08. The number of rotatable bonds is 8. The van der Waals surface area contributed by atoms with Crippen molar-refractivity contribution in [3.05, 3.63) is 53.1 Å². The molecule has 2 heterocycles. The summed E-state index contributed by atoms with van der Waals surface area (Å²) in [5, 5.41) is 36.4. The van der Waals surface area contributed by atoms with Crippen LogP contribution in [0.4, 0.5) is 10.5 Å². The number of anilines is 1. The third-order valence-corrected chi connectivity index (χ3v) is 9.80. The lowest BCUT2D eigenvalue weighted by Gasteiger charge is -2.46. The molecule has 0 saturated carbocycles. The zero-order chi connectivity index (χ0) is 38.0. The maximum Gasteiger partial charge on any atom is 0.411 e. The van der Waals surface area contributed by atoms with E-state index in [0.717, 1.165) is 0 Å². The Morgan fingerprint density at radius 1 is 1.08 bits per heavy atom. The van der Waals surface area contributed by atoms with Gasteiger partial charge >= 0.3 is 12.1 Å². The summed E-state index contributed by atoms with van der Waals surface area (Å²) < 4.78 is 23.5. The number of ether oxygens (including phenoxy) is 4. The van der Waals surface area contributed by atoms with Gasteiger partial charge in [0.25, 0.3) is 0 Å². The predicted molar refractivity (Wildman–Crippen MR) is 190 cm³/mol. The minimum Gasteiger partial charge on any atom is -0.462 e. The van der Waals surface area contributed by atoms with Crippen LogP contribution in [0, 0.1) is 23.7 Å². The lowest BCUT2D eigenvalue weighted by atomic mass is 9.81. The van der Waals surface area contributed by atoms with Gasteiger partial charge in [0.05, 0.1) is 36.9 Å². The van der Waals surface area contributed by atoms with Gasteiger partial charge in [0, 0.05) is 34.4 Å². The SMILES string of the molecule is CC[C@H]1OC(=O)C[C@@H](O)[C@H](C)[C@@H](O[C@@H]2O[C@H](C)[C@@H](O)[C@H](N(C)C)[C@H]2O)C(C=O)C[C@@H](C)C(=O)/C=C\C(C)=C\[C@@H]1COC(=O)Nc1ccc(Cl)cc1. The number of aliphatic hydroxyl groups excluding tert-OH is 3. The Morgan fingerprint density at radius 3 is 2.35 bits per heavy atom. The number of cyclic esters (lactones) is 1. The van der Waals surface area contributed by atoms with Crippen LogP contribution in [0.1, 0.15) is 53.9 Å². The number of allylic oxidation sites excluding steroid dienone is 3. The Bertz CT molecular complexity index is 1390. The molecule has 1 aromatic rings. The van der Waals surface area contributed by atoms with Gasteiger partial charge in [-0.05, 0) is 71.1 Å². The van der Waals surface area contributed by atoms with Crippen LogP contribution in [0.15, 0.2) is 48.1 Å². The first-order valence-corrected chi connectivity index (χ1v) is 17.7. The fourth-order valence-electron chi connectivity index (χ4n) is 6.46. The van der Waals surface area contributed by atoms with E-state index in [4.69, 9.17) is 30.5 Å². The van der Waals surface area contributed by atoms with E-state index < -0.39 is 91.1 Å². The molecule has 0 aromatic heterocycles. The van der Waals surface area contributed by atoms with Crippen LogP contribution in [0.3, 0.4) is 0 Å². The minimum atomic E-state index is -1.37. The van der Waals surface area contributed by atoms with Gasteiger partial charge in [0.2, 0.25) is 0 Å². The van der Waals surface area contributed by atoms with Crippen molar-refractivity contribution < 1.29 is 53.4 Å². The number of hydrogen-bond acceptors (Lipinski definition) is 12. The van der Waals surface area contributed by atoms with E-state index in [1.165, 1.54) is 6.08 Å². The number of esters is 1. The summed E-state index contributed by atoms with van der Waals surface area (Å²) >= 11 is 5.93. The van der Waals surface area contributed by atoms with Crippen molar-refractivity contribution in [2.24, 2.45) is 23.7 Å². The molecule has 1 aromatic carbocycles. The van der Waals surface area contributed by atoms with Gasteiger partial charge in [0.15, 0.2) is 12.1 Å². The second-order valence-electron chi connectivity index (χ2n) is 13.8. The van der Waals surface area contributed by atoms with Crippen molar-refractivity contribution in [3.8, 4) is 0 Å². The number of halogens is 1. The summed E-state index contributed by atoms with van der Waals surface area (Å²) in [4.78, 5) is 53.5. The van der Waals surface area contributed by atoms with Crippen LogP contribution < -0.4 is 5.32 Å². The first kappa shape index (κ1) is 42.2. The molecule has 2 aliphatic heterocycles. The number of aldehydes is 1. The van der Waals surface area contributed by atoms with Crippen molar-refractivity contribution in [2.45, 2.75) is 103 Å². The number of nitrogens with one attached hydrogen (secondary N) is 1. The van der Waals surface area contributed by atoms with Gasteiger partial charge in [0.1, 0.15) is 25.1 Å². The molecule has 1 fully saturated rings. The van der Waals surface area contributed by atoms with E-state index >= 15 is 0 Å². The highest BCUT2D eigenvalue weighted by atomic mass is 35.5. The normalized spacial score (nSPS) is 36.0. The number of hydrogen-bond donors (Lipinski definition) is 4. The molecular weight excluding hydrogens is 684 g/mol. The topological polar surface area (TPSA) is 181 Å². The Morgan fingerprint density at radius 2 is 1.75 bits per heavy atom. The molecule has 0 radical (unpaired) electrons.